The van der Waals surface area contributed by atoms with Crippen molar-refractivity contribution in [3.63, 3.8) is 0 Å². The fourth-order valence-electron chi connectivity index (χ4n) is 0.397. The normalized spacial score (nSPS) is 10.2. The Bertz CT molecular complexity index is 240. The molecule has 2 N–H and O–H groups in total. The number of hydrogen-bond acceptors (Lipinski definition) is 5. The zero-order valence-electron chi connectivity index (χ0n) is 7.12. The van der Waals surface area contributed by atoms with E-state index in [4.69, 9.17) is 0 Å². The molecule has 0 rings (SSSR count). The number of methoxy groups -OCH3 is 2. The molecule has 0 aromatic heterocycles. The largest absolute Gasteiger partial charge is 0.468 e. The van der Waals surface area contributed by atoms with Crippen molar-refractivity contribution in [1.82, 2.24) is 10.3 Å². The summed E-state index contributed by atoms with van der Waals surface area (Å²) in [6, 6.07) is 0. The molecule has 0 bridgehead atoms. The number of hydrazine groups is 1. The Morgan fingerprint density at radius 3 is 2.17 bits per heavy atom. The molecule has 0 aromatic rings. The molecule has 7 heteroatoms. The predicted octanol–water partition coefficient (Wildman–Crippen LogP) is -0.868. The Kier molecular flexibility index (Phi) is 4.45. The van der Waals surface area contributed by atoms with E-state index in [0.717, 1.165) is 6.26 Å². The standard InChI is InChI=1S/C5H12N2O4S/c1-10-5(11-2)4-6-7-12(3,8)9/h4,6-7H,1-3H3. The summed E-state index contributed by atoms with van der Waals surface area (Å²) >= 11 is 0. The SMILES string of the molecule is COC(=CNNS(C)(=O)=O)OC. The second-order valence-electron chi connectivity index (χ2n) is 1.89. The molecule has 0 unspecified atom stereocenters. The van der Waals surface area contributed by atoms with Gasteiger partial charge in [-0.15, -0.1) is 4.83 Å². The molecule has 0 aliphatic rings. The summed E-state index contributed by atoms with van der Waals surface area (Å²) in [6.45, 7) is 0. The first-order valence-electron chi connectivity index (χ1n) is 3.00. The van der Waals surface area contributed by atoms with E-state index in [2.05, 4.69) is 14.9 Å². The fourth-order valence-corrected chi connectivity index (χ4v) is 0.670. The molecule has 0 amide bonds. The molecule has 0 spiro atoms. The first-order chi connectivity index (χ1) is 5.49. The van der Waals surface area contributed by atoms with Crippen molar-refractivity contribution in [1.29, 1.82) is 0 Å². The van der Waals surface area contributed by atoms with Crippen LogP contribution in [0.25, 0.3) is 0 Å². The average Bonchev–Trinajstić information content (AvgIpc) is 1.96. The highest BCUT2D eigenvalue weighted by Gasteiger charge is 1.97. The first-order valence-corrected chi connectivity index (χ1v) is 4.89. The molecule has 0 aromatic carbocycles. The summed E-state index contributed by atoms with van der Waals surface area (Å²) < 4.78 is 30.3. The van der Waals surface area contributed by atoms with Crippen molar-refractivity contribution >= 4 is 10.0 Å². The Hall–Kier alpha value is -0.950. The van der Waals surface area contributed by atoms with Gasteiger partial charge in [0.2, 0.25) is 10.0 Å². The van der Waals surface area contributed by atoms with Crippen LogP contribution in [0.5, 0.6) is 0 Å². The lowest BCUT2D eigenvalue weighted by atomic mass is 10.9. The van der Waals surface area contributed by atoms with Crippen molar-refractivity contribution in [2.24, 2.45) is 0 Å². The van der Waals surface area contributed by atoms with Gasteiger partial charge in [0, 0.05) is 0 Å². The van der Waals surface area contributed by atoms with Gasteiger partial charge in [-0.3, -0.25) is 0 Å². The minimum atomic E-state index is -3.25. The smallest absolute Gasteiger partial charge is 0.296 e. The number of nitrogens with one attached hydrogen (secondary N) is 2. The van der Waals surface area contributed by atoms with Gasteiger partial charge in [0.25, 0.3) is 5.95 Å². The number of sulfonamides is 1. The van der Waals surface area contributed by atoms with Gasteiger partial charge in [0.05, 0.1) is 26.7 Å². The molecule has 12 heavy (non-hydrogen) atoms. The van der Waals surface area contributed by atoms with Crippen LogP contribution >= 0.6 is 0 Å². The maximum Gasteiger partial charge on any atom is 0.296 e. The predicted molar refractivity (Wildman–Crippen MR) is 43.2 cm³/mol. The third-order valence-electron chi connectivity index (χ3n) is 0.837. The third kappa shape index (κ3) is 5.81. The minimum absolute atomic E-state index is 0.172. The molecular weight excluding hydrogens is 184 g/mol. The molecule has 0 saturated heterocycles. The summed E-state index contributed by atoms with van der Waals surface area (Å²) in [5.41, 5.74) is 2.28. The van der Waals surface area contributed by atoms with Crippen molar-refractivity contribution in [2.75, 3.05) is 20.5 Å². The Morgan fingerprint density at radius 2 is 1.83 bits per heavy atom. The Morgan fingerprint density at radius 1 is 1.33 bits per heavy atom. The van der Waals surface area contributed by atoms with Crippen LogP contribution < -0.4 is 10.3 Å². The van der Waals surface area contributed by atoms with E-state index in [0.29, 0.717) is 0 Å². The van der Waals surface area contributed by atoms with E-state index in [-0.39, 0.29) is 5.95 Å². The molecule has 0 saturated carbocycles. The van der Waals surface area contributed by atoms with E-state index >= 15 is 0 Å². The van der Waals surface area contributed by atoms with Crippen molar-refractivity contribution in [3.05, 3.63) is 12.1 Å². The van der Waals surface area contributed by atoms with Crippen LogP contribution in [0.2, 0.25) is 0 Å². The second-order valence-corrected chi connectivity index (χ2v) is 3.64. The highest BCUT2D eigenvalue weighted by molar-refractivity contribution is 7.88. The third-order valence-corrected chi connectivity index (χ3v) is 1.33. The lowest BCUT2D eigenvalue weighted by Gasteiger charge is -2.04. The summed E-state index contributed by atoms with van der Waals surface area (Å²) in [7, 11) is -0.453. The second kappa shape index (κ2) is 4.83. The summed E-state index contributed by atoms with van der Waals surface area (Å²) in [4.78, 5) is 2.01. The maximum atomic E-state index is 10.5. The average molecular weight is 196 g/mol. The zero-order valence-corrected chi connectivity index (χ0v) is 7.94. The highest BCUT2D eigenvalue weighted by Crippen LogP contribution is 1.90. The molecule has 0 radical (unpaired) electrons. The van der Waals surface area contributed by atoms with Crippen LogP contribution in [0.3, 0.4) is 0 Å². The van der Waals surface area contributed by atoms with E-state index in [1.54, 1.807) is 0 Å². The summed E-state index contributed by atoms with van der Waals surface area (Å²) in [5, 5.41) is 0. The van der Waals surface area contributed by atoms with Crippen LogP contribution in [0.4, 0.5) is 0 Å². The van der Waals surface area contributed by atoms with Gasteiger partial charge in [-0.25, -0.2) is 8.42 Å². The summed E-state index contributed by atoms with van der Waals surface area (Å²) in [5.74, 6) is 0.172. The Labute approximate surface area is 71.6 Å². The molecule has 6 nitrogen and oxygen atoms in total. The monoisotopic (exact) mass is 196 g/mol. The van der Waals surface area contributed by atoms with Crippen LogP contribution in [0, 0.1) is 0 Å². The molecule has 72 valence electrons. The van der Waals surface area contributed by atoms with Crippen LogP contribution in [-0.4, -0.2) is 28.9 Å². The number of rotatable bonds is 5. The Balaban J connectivity index is 3.89. The van der Waals surface area contributed by atoms with Gasteiger partial charge in [-0.1, -0.05) is 0 Å². The van der Waals surface area contributed by atoms with Gasteiger partial charge in [0.1, 0.15) is 0 Å². The van der Waals surface area contributed by atoms with Gasteiger partial charge < -0.3 is 14.9 Å². The van der Waals surface area contributed by atoms with Crippen LogP contribution in [0.15, 0.2) is 12.1 Å². The zero-order chi connectivity index (χ0) is 9.61. The quantitative estimate of drug-likeness (QED) is 0.441. The van der Waals surface area contributed by atoms with E-state index in [9.17, 15) is 8.42 Å². The summed E-state index contributed by atoms with van der Waals surface area (Å²) in [6.07, 6.45) is 2.26. The van der Waals surface area contributed by atoms with Crippen molar-refractivity contribution in [3.8, 4) is 0 Å². The van der Waals surface area contributed by atoms with Crippen molar-refractivity contribution in [2.45, 2.75) is 0 Å². The van der Waals surface area contributed by atoms with E-state index < -0.39 is 10.0 Å². The minimum Gasteiger partial charge on any atom is -0.468 e. The van der Waals surface area contributed by atoms with E-state index in [1.165, 1.54) is 20.4 Å². The van der Waals surface area contributed by atoms with Gasteiger partial charge in [-0.2, -0.15) is 0 Å². The maximum absolute atomic E-state index is 10.5. The van der Waals surface area contributed by atoms with Crippen molar-refractivity contribution < 1.29 is 17.9 Å². The molecule has 0 aliphatic heterocycles. The van der Waals surface area contributed by atoms with Gasteiger partial charge in [-0.05, 0) is 0 Å². The van der Waals surface area contributed by atoms with E-state index in [1.807, 2.05) is 4.83 Å². The van der Waals surface area contributed by atoms with Gasteiger partial charge >= 0.3 is 0 Å². The van der Waals surface area contributed by atoms with Gasteiger partial charge in [0.15, 0.2) is 0 Å². The molecule has 0 fully saturated rings. The number of ether oxygens (including phenoxy) is 2. The number of hydrogen-bond donors (Lipinski definition) is 2. The molecular formula is C5H12N2O4S. The first kappa shape index (κ1) is 11.1. The van der Waals surface area contributed by atoms with Crippen LogP contribution in [0.1, 0.15) is 0 Å². The lowest BCUT2D eigenvalue weighted by molar-refractivity contribution is 0.0928. The highest BCUT2D eigenvalue weighted by atomic mass is 32.2. The molecule has 0 heterocycles. The molecule has 0 atom stereocenters. The fraction of sp³-hybridized carbons (Fsp3) is 0.600. The van der Waals surface area contributed by atoms with Crippen LogP contribution in [-0.2, 0) is 19.5 Å². The topological polar surface area (TPSA) is 76.7 Å². The lowest BCUT2D eigenvalue weighted by Crippen LogP contribution is -2.32. The molecule has 0 aliphatic carbocycles.